The molecular formula is C18H17NO5. The Kier molecular flexibility index (Phi) is 4.96. The first-order valence-corrected chi connectivity index (χ1v) is 7.58. The Balaban J connectivity index is 1.43. The van der Waals surface area contributed by atoms with E-state index in [0.29, 0.717) is 18.0 Å². The lowest BCUT2D eigenvalue weighted by molar-refractivity contribution is -0.157. The highest BCUT2D eigenvalue weighted by molar-refractivity contribution is 5.82. The first-order chi connectivity index (χ1) is 11.7. The number of carbonyl (C=O) groups is 2. The van der Waals surface area contributed by atoms with Crippen LogP contribution in [0, 0.1) is 0 Å². The van der Waals surface area contributed by atoms with Crippen LogP contribution in [-0.2, 0) is 20.9 Å². The van der Waals surface area contributed by atoms with Crippen LogP contribution in [0.3, 0.4) is 0 Å². The van der Waals surface area contributed by atoms with Crippen LogP contribution in [-0.4, -0.2) is 31.2 Å². The van der Waals surface area contributed by atoms with Crippen molar-refractivity contribution in [2.75, 3.05) is 13.2 Å². The lowest BCUT2D eigenvalue weighted by Gasteiger charge is -2.24. The summed E-state index contributed by atoms with van der Waals surface area (Å²) in [6.07, 6.45) is -0.873. The molecular weight excluding hydrogens is 310 g/mol. The van der Waals surface area contributed by atoms with E-state index in [9.17, 15) is 9.59 Å². The molecule has 1 N–H and O–H groups in total. The molecule has 1 aliphatic rings. The Hall–Kier alpha value is -3.02. The predicted molar refractivity (Wildman–Crippen MR) is 85.6 cm³/mol. The van der Waals surface area contributed by atoms with Gasteiger partial charge < -0.3 is 19.5 Å². The van der Waals surface area contributed by atoms with Gasteiger partial charge in [-0.2, -0.15) is 0 Å². The molecule has 0 saturated carbocycles. The van der Waals surface area contributed by atoms with Gasteiger partial charge in [0.15, 0.2) is 18.1 Å². The van der Waals surface area contributed by atoms with Crippen molar-refractivity contribution in [2.24, 2.45) is 0 Å². The summed E-state index contributed by atoms with van der Waals surface area (Å²) in [6, 6.07) is 16.5. The molecule has 0 radical (unpaired) electrons. The maximum absolute atomic E-state index is 12.0. The molecule has 1 aliphatic heterocycles. The third-order valence-electron chi connectivity index (χ3n) is 3.45. The largest absolute Gasteiger partial charge is 0.485 e. The fourth-order valence-corrected chi connectivity index (χ4v) is 2.21. The summed E-state index contributed by atoms with van der Waals surface area (Å²) in [6.45, 7) is 0.0856. The van der Waals surface area contributed by atoms with Crippen molar-refractivity contribution in [3.8, 4) is 11.5 Å². The standard InChI is InChI=1S/C18H17NO5/c20-17(19-10-13-6-2-1-3-7-13)12-23-18(21)16-11-22-14-8-4-5-9-15(14)24-16/h1-9,16H,10-12H2,(H,19,20). The van der Waals surface area contributed by atoms with Gasteiger partial charge in [0.25, 0.3) is 5.91 Å². The van der Waals surface area contributed by atoms with Crippen LogP contribution in [0.1, 0.15) is 5.56 Å². The molecule has 1 amide bonds. The van der Waals surface area contributed by atoms with E-state index >= 15 is 0 Å². The first-order valence-electron chi connectivity index (χ1n) is 7.58. The molecule has 6 heteroatoms. The van der Waals surface area contributed by atoms with Gasteiger partial charge in [0, 0.05) is 6.54 Å². The number of rotatable bonds is 5. The van der Waals surface area contributed by atoms with E-state index < -0.39 is 12.1 Å². The molecule has 0 bridgehead atoms. The molecule has 0 aliphatic carbocycles. The van der Waals surface area contributed by atoms with Gasteiger partial charge in [-0.15, -0.1) is 0 Å². The number of para-hydroxylation sites is 2. The number of ether oxygens (including phenoxy) is 3. The Morgan fingerprint density at radius 3 is 2.54 bits per heavy atom. The zero-order valence-corrected chi connectivity index (χ0v) is 12.9. The number of amides is 1. The van der Waals surface area contributed by atoms with Crippen molar-refractivity contribution in [3.63, 3.8) is 0 Å². The molecule has 3 rings (SSSR count). The SMILES string of the molecule is O=C(COC(=O)C1COc2ccccc2O1)NCc1ccccc1. The molecule has 1 atom stereocenters. The van der Waals surface area contributed by atoms with Gasteiger partial charge >= 0.3 is 5.97 Å². The Bertz CT molecular complexity index is 716. The number of esters is 1. The molecule has 1 heterocycles. The normalized spacial score (nSPS) is 15.4. The van der Waals surface area contributed by atoms with Crippen molar-refractivity contribution in [1.82, 2.24) is 5.32 Å². The average molecular weight is 327 g/mol. The lowest BCUT2D eigenvalue weighted by atomic mass is 10.2. The highest BCUT2D eigenvalue weighted by atomic mass is 16.6. The number of fused-ring (bicyclic) bond motifs is 1. The van der Waals surface area contributed by atoms with Crippen LogP contribution in [0.4, 0.5) is 0 Å². The molecule has 1 unspecified atom stereocenters. The third kappa shape index (κ3) is 4.04. The minimum Gasteiger partial charge on any atom is -0.485 e. The highest BCUT2D eigenvalue weighted by Gasteiger charge is 2.29. The number of hydrogen-bond acceptors (Lipinski definition) is 5. The first kappa shape index (κ1) is 15.9. The van der Waals surface area contributed by atoms with Crippen LogP contribution in [0.15, 0.2) is 54.6 Å². The van der Waals surface area contributed by atoms with E-state index in [4.69, 9.17) is 14.2 Å². The molecule has 2 aromatic carbocycles. The molecule has 24 heavy (non-hydrogen) atoms. The maximum Gasteiger partial charge on any atom is 0.351 e. The molecule has 0 spiro atoms. The quantitative estimate of drug-likeness (QED) is 0.846. The van der Waals surface area contributed by atoms with E-state index in [-0.39, 0.29) is 19.1 Å². The Labute approximate surface area is 139 Å². The summed E-state index contributed by atoms with van der Waals surface area (Å²) >= 11 is 0. The van der Waals surface area contributed by atoms with Crippen LogP contribution < -0.4 is 14.8 Å². The zero-order chi connectivity index (χ0) is 16.8. The average Bonchev–Trinajstić information content (AvgIpc) is 2.65. The van der Waals surface area contributed by atoms with E-state index in [0.717, 1.165) is 5.56 Å². The number of nitrogens with one attached hydrogen (secondary N) is 1. The minimum atomic E-state index is -0.873. The van der Waals surface area contributed by atoms with Gasteiger partial charge in [-0.1, -0.05) is 42.5 Å². The number of benzene rings is 2. The van der Waals surface area contributed by atoms with Gasteiger partial charge in [0.2, 0.25) is 6.10 Å². The number of carbonyl (C=O) groups excluding carboxylic acids is 2. The second-order valence-electron chi connectivity index (χ2n) is 5.23. The fourth-order valence-electron chi connectivity index (χ4n) is 2.21. The summed E-state index contributed by atoms with van der Waals surface area (Å²) in [5.74, 6) is 0.0741. The second-order valence-corrected chi connectivity index (χ2v) is 5.23. The summed E-state index contributed by atoms with van der Waals surface area (Å²) in [7, 11) is 0. The molecule has 0 fully saturated rings. The summed E-state index contributed by atoms with van der Waals surface area (Å²) < 4.78 is 16.0. The summed E-state index contributed by atoms with van der Waals surface area (Å²) in [4.78, 5) is 23.7. The zero-order valence-electron chi connectivity index (χ0n) is 12.9. The van der Waals surface area contributed by atoms with Crippen LogP contribution in [0.2, 0.25) is 0 Å². The minimum absolute atomic E-state index is 0.0570. The molecule has 2 aromatic rings. The van der Waals surface area contributed by atoms with Gasteiger partial charge in [-0.3, -0.25) is 4.79 Å². The molecule has 6 nitrogen and oxygen atoms in total. The van der Waals surface area contributed by atoms with Gasteiger partial charge in [-0.05, 0) is 17.7 Å². The summed E-state index contributed by atoms with van der Waals surface area (Å²) in [5, 5.41) is 2.68. The van der Waals surface area contributed by atoms with Gasteiger partial charge in [-0.25, -0.2) is 4.79 Å². The van der Waals surface area contributed by atoms with Gasteiger partial charge in [0.05, 0.1) is 0 Å². The number of hydrogen-bond donors (Lipinski definition) is 1. The van der Waals surface area contributed by atoms with Crippen LogP contribution in [0.5, 0.6) is 11.5 Å². The second kappa shape index (κ2) is 7.50. The van der Waals surface area contributed by atoms with E-state index in [1.165, 1.54) is 0 Å². The van der Waals surface area contributed by atoms with Crippen LogP contribution in [0.25, 0.3) is 0 Å². The molecule has 124 valence electrons. The highest BCUT2D eigenvalue weighted by Crippen LogP contribution is 2.31. The van der Waals surface area contributed by atoms with E-state index in [1.54, 1.807) is 18.2 Å². The predicted octanol–water partition coefficient (Wildman–Crippen LogP) is 1.69. The van der Waals surface area contributed by atoms with Gasteiger partial charge in [0.1, 0.15) is 6.61 Å². The Morgan fingerprint density at radius 2 is 1.75 bits per heavy atom. The van der Waals surface area contributed by atoms with Crippen LogP contribution >= 0.6 is 0 Å². The lowest BCUT2D eigenvalue weighted by Crippen LogP contribution is -2.39. The van der Waals surface area contributed by atoms with Crippen molar-refractivity contribution in [3.05, 3.63) is 60.2 Å². The summed E-state index contributed by atoms with van der Waals surface area (Å²) in [5.41, 5.74) is 0.970. The molecule has 0 aromatic heterocycles. The van der Waals surface area contributed by atoms with Crippen molar-refractivity contribution in [1.29, 1.82) is 0 Å². The fraction of sp³-hybridized carbons (Fsp3) is 0.222. The van der Waals surface area contributed by atoms with E-state index in [2.05, 4.69) is 5.32 Å². The van der Waals surface area contributed by atoms with Crippen molar-refractivity contribution in [2.45, 2.75) is 12.6 Å². The topological polar surface area (TPSA) is 73.9 Å². The smallest absolute Gasteiger partial charge is 0.351 e. The Morgan fingerprint density at radius 1 is 1.04 bits per heavy atom. The molecule has 0 saturated heterocycles. The maximum atomic E-state index is 12.0. The van der Waals surface area contributed by atoms with Crippen molar-refractivity contribution < 1.29 is 23.8 Å². The van der Waals surface area contributed by atoms with Crippen molar-refractivity contribution >= 4 is 11.9 Å². The van der Waals surface area contributed by atoms with E-state index in [1.807, 2.05) is 36.4 Å². The third-order valence-corrected chi connectivity index (χ3v) is 3.45. The monoisotopic (exact) mass is 327 g/mol.